The van der Waals surface area contributed by atoms with Gasteiger partial charge in [-0.3, -0.25) is 9.78 Å². The number of hydrogen-bond donors (Lipinski definition) is 2. The van der Waals surface area contributed by atoms with Gasteiger partial charge in [0.2, 0.25) is 0 Å². The van der Waals surface area contributed by atoms with Gasteiger partial charge in [-0.2, -0.15) is 0 Å². The first kappa shape index (κ1) is 17.5. The minimum Gasteiger partial charge on any atom is -0.385 e. The summed E-state index contributed by atoms with van der Waals surface area (Å²) in [5.74, 6) is -0.228. The predicted octanol–water partition coefficient (Wildman–Crippen LogP) is 3.90. The van der Waals surface area contributed by atoms with Crippen LogP contribution in [0.1, 0.15) is 16.9 Å². The van der Waals surface area contributed by atoms with Crippen molar-refractivity contribution >= 4 is 40.5 Å². The Kier molecular flexibility index (Phi) is 6.65. The van der Waals surface area contributed by atoms with E-state index in [2.05, 4.69) is 15.6 Å². The Labute approximate surface area is 145 Å². The summed E-state index contributed by atoms with van der Waals surface area (Å²) in [5, 5.41) is 7.01. The maximum Gasteiger partial charge on any atom is 0.269 e. The lowest BCUT2D eigenvalue weighted by atomic mass is 10.2. The lowest BCUT2D eigenvalue weighted by Crippen LogP contribution is -2.26. The normalized spacial score (nSPS) is 10.4. The average molecular weight is 354 g/mol. The molecule has 5 nitrogen and oxygen atoms in total. The summed E-state index contributed by atoms with van der Waals surface area (Å²) >= 11 is 11.9. The van der Waals surface area contributed by atoms with Crippen molar-refractivity contribution in [3.63, 3.8) is 0 Å². The average Bonchev–Trinajstić information content (AvgIpc) is 2.50. The fourth-order valence-electron chi connectivity index (χ4n) is 1.93. The van der Waals surface area contributed by atoms with Crippen molar-refractivity contribution in [3.05, 3.63) is 52.3 Å². The smallest absolute Gasteiger partial charge is 0.269 e. The summed E-state index contributed by atoms with van der Waals surface area (Å²) in [6.45, 7) is 1.14. The highest BCUT2D eigenvalue weighted by Gasteiger charge is 2.08. The molecular formula is C16H17Cl2N3O2. The van der Waals surface area contributed by atoms with E-state index in [1.54, 1.807) is 43.6 Å². The van der Waals surface area contributed by atoms with Gasteiger partial charge in [0.1, 0.15) is 5.69 Å². The summed E-state index contributed by atoms with van der Waals surface area (Å²) in [4.78, 5) is 16.1. The van der Waals surface area contributed by atoms with Crippen molar-refractivity contribution in [2.45, 2.75) is 6.42 Å². The minimum absolute atomic E-state index is 0.228. The number of pyridine rings is 1. The zero-order chi connectivity index (χ0) is 16.7. The third-order valence-electron chi connectivity index (χ3n) is 2.95. The van der Waals surface area contributed by atoms with Crippen LogP contribution in [0.3, 0.4) is 0 Å². The van der Waals surface area contributed by atoms with E-state index in [4.69, 9.17) is 27.9 Å². The van der Waals surface area contributed by atoms with E-state index < -0.39 is 0 Å². The number of nitrogens with one attached hydrogen (secondary N) is 2. The monoisotopic (exact) mass is 353 g/mol. The summed E-state index contributed by atoms with van der Waals surface area (Å²) in [6, 6.07) is 8.58. The second kappa shape index (κ2) is 8.72. The van der Waals surface area contributed by atoms with E-state index in [0.29, 0.717) is 28.9 Å². The molecule has 1 amide bonds. The first-order valence-corrected chi connectivity index (χ1v) is 7.80. The first-order chi connectivity index (χ1) is 11.1. The number of halogens is 2. The number of benzene rings is 1. The third-order valence-corrected chi connectivity index (χ3v) is 3.39. The molecule has 0 atom stereocenters. The zero-order valence-corrected chi connectivity index (χ0v) is 14.1. The number of hydrogen-bond acceptors (Lipinski definition) is 4. The highest BCUT2D eigenvalue weighted by Crippen LogP contribution is 2.25. The van der Waals surface area contributed by atoms with Crippen LogP contribution in [0.25, 0.3) is 0 Å². The fourth-order valence-corrected chi connectivity index (χ4v) is 2.46. The molecule has 0 bridgehead atoms. The highest BCUT2D eigenvalue weighted by atomic mass is 35.5. The van der Waals surface area contributed by atoms with Crippen LogP contribution in [0.5, 0.6) is 0 Å². The summed E-state index contributed by atoms with van der Waals surface area (Å²) in [6.07, 6.45) is 2.32. The van der Waals surface area contributed by atoms with Crippen LogP contribution in [0, 0.1) is 0 Å². The van der Waals surface area contributed by atoms with E-state index >= 15 is 0 Å². The fraction of sp³-hybridized carbons (Fsp3) is 0.250. The molecule has 1 aromatic carbocycles. The number of amides is 1. The van der Waals surface area contributed by atoms with Crippen LogP contribution in [0.4, 0.5) is 11.4 Å². The Morgan fingerprint density at radius 1 is 1.17 bits per heavy atom. The Bertz CT molecular complexity index is 660. The van der Waals surface area contributed by atoms with Crippen LogP contribution < -0.4 is 10.6 Å². The highest BCUT2D eigenvalue weighted by molar-refractivity contribution is 6.35. The van der Waals surface area contributed by atoms with Crippen molar-refractivity contribution in [2.24, 2.45) is 0 Å². The number of nitrogens with zero attached hydrogens (tertiary/aromatic N) is 1. The van der Waals surface area contributed by atoms with Gasteiger partial charge in [0, 0.05) is 47.9 Å². The Hall–Kier alpha value is -1.82. The van der Waals surface area contributed by atoms with Crippen molar-refractivity contribution < 1.29 is 9.53 Å². The molecule has 0 saturated heterocycles. The molecule has 2 N–H and O–H groups in total. The first-order valence-electron chi connectivity index (χ1n) is 7.05. The Morgan fingerprint density at radius 2 is 1.91 bits per heavy atom. The molecule has 7 heteroatoms. The second-order valence-corrected chi connectivity index (χ2v) is 5.69. The molecule has 0 unspecified atom stereocenters. The van der Waals surface area contributed by atoms with Gasteiger partial charge in [-0.25, -0.2) is 0 Å². The van der Waals surface area contributed by atoms with Gasteiger partial charge >= 0.3 is 0 Å². The second-order valence-electron chi connectivity index (χ2n) is 4.82. The molecule has 23 heavy (non-hydrogen) atoms. The Balaban J connectivity index is 2.03. The maximum absolute atomic E-state index is 12.0. The number of ether oxygens (including phenoxy) is 1. The van der Waals surface area contributed by atoms with Gasteiger partial charge in [0.25, 0.3) is 5.91 Å². The SMILES string of the molecule is COCCCNC(=O)c1cc(Nc2cc(Cl)cc(Cl)c2)ccn1. The van der Waals surface area contributed by atoms with Crippen LogP contribution >= 0.6 is 23.2 Å². The van der Waals surface area contributed by atoms with Crippen molar-refractivity contribution in [2.75, 3.05) is 25.6 Å². The van der Waals surface area contributed by atoms with Crippen molar-refractivity contribution in [1.29, 1.82) is 0 Å². The van der Waals surface area contributed by atoms with Crippen LogP contribution in [-0.2, 0) is 4.74 Å². The summed E-state index contributed by atoms with van der Waals surface area (Å²) in [5.41, 5.74) is 1.79. The molecule has 2 rings (SSSR count). The molecule has 0 aliphatic heterocycles. The number of carbonyl (C=O) groups excluding carboxylic acids is 1. The minimum atomic E-state index is -0.228. The molecule has 0 spiro atoms. The van der Waals surface area contributed by atoms with E-state index in [0.717, 1.165) is 17.8 Å². The molecular weight excluding hydrogens is 337 g/mol. The molecule has 0 aliphatic carbocycles. The molecule has 0 fully saturated rings. The molecule has 1 heterocycles. The quantitative estimate of drug-likeness (QED) is 0.741. The number of methoxy groups -OCH3 is 1. The third kappa shape index (κ3) is 5.71. The number of aromatic nitrogens is 1. The van der Waals surface area contributed by atoms with E-state index in [1.165, 1.54) is 0 Å². The molecule has 0 radical (unpaired) electrons. The van der Waals surface area contributed by atoms with E-state index in [1.807, 2.05) is 0 Å². The topological polar surface area (TPSA) is 63.2 Å². The predicted molar refractivity (Wildman–Crippen MR) is 92.8 cm³/mol. The zero-order valence-electron chi connectivity index (χ0n) is 12.6. The van der Waals surface area contributed by atoms with Gasteiger partial charge in [-0.15, -0.1) is 0 Å². The van der Waals surface area contributed by atoms with Gasteiger partial charge < -0.3 is 15.4 Å². The van der Waals surface area contributed by atoms with E-state index in [9.17, 15) is 4.79 Å². The standard InChI is InChI=1S/C16H17Cl2N3O2/c1-23-6-2-4-20-16(22)15-10-13(3-5-19-15)21-14-8-11(17)7-12(18)9-14/h3,5,7-10H,2,4,6H2,1H3,(H,19,21)(H,20,22). The summed E-state index contributed by atoms with van der Waals surface area (Å²) < 4.78 is 4.94. The maximum atomic E-state index is 12.0. The van der Waals surface area contributed by atoms with Crippen LogP contribution in [0.2, 0.25) is 10.0 Å². The van der Waals surface area contributed by atoms with Gasteiger partial charge in [0.15, 0.2) is 0 Å². The molecule has 0 aliphatic rings. The van der Waals surface area contributed by atoms with Gasteiger partial charge in [-0.1, -0.05) is 23.2 Å². The Morgan fingerprint density at radius 3 is 2.61 bits per heavy atom. The summed E-state index contributed by atoms with van der Waals surface area (Å²) in [7, 11) is 1.63. The number of rotatable bonds is 7. The molecule has 2 aromatic rings. The van der Waals surface area contributed by atoms with Crippen LogP contribution in [0.15, 0.2) is 36.5 Å². The number of carbonyl (C=O) groups is 1. The van der Waals surface area contributed by atoms with Crippen molar-refractivity contribution in [1.82, 2.24) is 10.3 Å². The lowest BCUT2D eigenvalue weighted by molar-refractivity contribution is 0.0943. The van der Waals surface area contributed by atoms with E-state index in [-0.39, 0.29) is 5.91 Å². The molecule has 0 saturated carbocycles. The largest absolute Gasteiger partial charge is 0.385 e. The van der Waals surface area contributed by atoms with Gasteiger partial charge in [-0.05, 0) is 36.8 Å². The molecule has 1 aromatic heterocycles. The van der Waals surface area contributed by atoms with Crippen LogP contribution in [-0.4, -0.2) is 31.2 Å². The lowest BCUT2D eigenvalue weighted by Gasteiger charge is -2.09. The molecule has 122 valence electrons. The number of anilines is 2. The van der Waals surface area contributed by atoms with Crippen molar-refractivity contribution in [3.8, 4) is 0 Å². The van der Waals surface area contributed by atoms with Gasteiger partial charge in [0.05, 0.1) is 0 Å².